The zero-order valence-corrected chi connectivity index (χ0v) is 10.9. The molecule has 0 bridgehead atoms. The molecule has 1 heterocycles. The number of fused-ring (bicyclic) bond motifs is 1. The molecule has 1 aromatic carbocycles. The molecule has 2 rings (SSSR count). The topological polar surface area (TPSA) is 22.1 Å². The average molecular weight is 286 g/mol. The van der Waals surface area contributed by atoms with Crippen LogP contribution >= 0.6 is 27.3 Å². The van der Waals surface area contributed by atoms with Crippen molar-refractivity contribution >= 4 is 37.5 Å². The first-order chi connectivity index (χ1) is 7.31. The molecule has 0 amide bonds. The Morgan fingerprint density at radius 2 is 2.33 bits per heavy atom. The lowest BCUT2D eigenvalue weighted by atomic mass is 10.3. The van der Waals surface area contributed by atoms with Gasteiger partial charge in [0.05, 0.1) is 22.3 Å². The minimum Gasteiger partial charge on any atom is -0.493 e. The SMILES string of the molecule is CCCCOc1cc(Br)c2scnc2c1. The van der Waals surface area contributed by atoms with Crippen molar-refractivity contribution < 1.29 is 4.74 Å². The average Bonchev–Trinajstić information content (AvgIpc) is 2.66. The van der Waals surface area contributed by atoms with Crippen molar-refractivity contribution in [1.82, 2.24) is 4.98 Å². The van der Waals surface area contributed by atoms with Crippen LogP contribution in [0.1, 0.15) is 19.8 Å². The van der Waals surface area contributed by atoms with Crippen molar-refractivity contribution in [2.75, 3.05) is 6.61 Å². The molecule has 2 nitrogen and oxygen atoms in total. The van der Waals surface area contributed by atoms with Crippen LogP contribution in [-0.4, -0.2) is 11.6 Å². The third-order valence-corrected chi connectivity index (χ3v) is 3.89. The molecule has 0 spiro atoms. The van der Waals surface area contributed by atoms with E-state index in [-0.39, 0.29) is 0 Å². The molecule has 0 radical (unpaired) electrons. The summed E-state index contributed by atoms with van der Waals surface area (Å²) in [7, 11) is 0. The molecular formula is C11H12BrNOS. The van der Waals surface area contributed by atoms with Crippen LogP contribution in [0.15, 0.2) is 22.1 Å². The van der Waals surface area contributed by atoms with E-state index in [1.54, 1.807) is 11.3 Å². The van der Waals surface area contributed by atoms with E-state index in [4.69, 9.17) is 4.74 Å². The number of thiazole rings is 1. The van der Waals surface area contributed by atoms with Gasteiger partial charge in [0.15, 0.2) is 0 Å². The lowest BCUT2D eigenvalue weighted by Crippen LogP contribution is -1.96. The minimum absolute atomic E-state index is 0.776. The molecule has 0 aliphatic heterocycles. The number of hydrogen-bond acceptors (Lipinski definition) is 3. The smallest absolute Gasteiger partial charge is 0.122 e. The molecule has 0 unspecified atom stereocenters. The lowest BCUT2D eigenvalue weighted by Gasteiger charge is -2.05. The predicted molar refractivity (Wildman–Crippen MR) is 67.7 cm³/mol. The van der Waals surface area contributed by atoms with E-state index in [0.717, 1.165) is 35.2 Å². The Balaban J connectivity index is 2.21. The van der Waals surface area contributed by atoms with E-state index >= 15 is 0 Å². The number of rotatable bonds is 4. The fraction of sp³-hybridized carbons (Fsp3) is 0.364. The third kappa shape index (κ3) is 2.49. The number of nitrogens with zero attached hydrogens (tertiary/aromatic N) is 1. The summed E-state index contributed by atoms with van der Waals surface area (Å²) in [6, 6.07) is 4.00. The second-order valence-corrected chi connectivity index (χ2v) is 5.02. The summed E-state index contributed by atoms with van der Waals surface area (Å²) < 4.78 is 7.88. The third-order valence-electron chi connectivity index (χ3n) is 2.13. The van der Waals surface area contributed by atoms with Gasteiger partial charge in [-0.2, -0.15) is 0 Å². The summed E-state index contributed by atoms with van der Waals surface area (Å²) in [5.74, 6) is 0.897. The molecule has 0 N–H and O–H groups in total. The van der Waals surface area contributed by atoms with Crippen molar-refractivity contribution in [2.24, 2.45) is 0 Å². The highest BCUT2D eigenvalue weighted by Crippen LogP contribution is 2.31. The number of ether oxygens (including phenoxy) is 1. The number of benzene rings is 1. The van der Waals surface area contributed by atoms with Crippen LogP contribution in [0.4, 0.5) is 0 Å². The quantitative estimate of drug-likeness (QED) is 0.784. The highest BCUT2D eigenvalue weighted by Gasteiger charge is 2.04. The monoisotopic (exact) mass is 285 g/mol. The summed E-state index contributed by atoms with van der Waals surface area (Å²) in [5.41, 5.74) is 2.85. The van der Waals surface area contributed by atoms with Crippen molar-refractivity contribution in [3.63, 3.8) is 0 Å². The summed E-state index contributed by atoms with van der Waals surface area (Å²) in [5, 5.41) is 0. The Bertz CT molecular complexity index is 455. The van der Waals surface area contributed by atoms with E-state index in [0.29, 0.717) is 0 Å². The molecule has 4 heteroatoms. The van der Waals surface area contributed by atoms with Gasteiger partial charge in [-0.3, -0.25) is 0 Å². The Kier molecular flexibility index (Phi) is 3.59. The Morgan fingerprint density at radius 1 is 1.47 bits per heavy atom. The van der Waals surface area contributed by atoms with Crippen molar-refractivity contribution in [1.29, 1.82) is 0 Å². The maximum Gasteiger partial charge on any atom is 0.122 e. The van der Waals surface area contributed by atoms with Gasteiger partial charge >= 0.3 is 0 Å². The van der Waals surface area contributed by atoms with Crippen LogP contribution in [0.25, 0.3) is 10.2 Å². The van der Waals surface area contributed by atoms with Crippen molar-refractivity contribution in [3.05, 3.63) is 22.1 Å². The predicted octanol–water partition coefficient (Wildman–Crippen LogP) is 4.24. The minimum atomic E-state index is 0.776. The van der Waals surface area contributed by atoms with E-state index in [1.807, 2.05) is 17.6 Å². The van der Waals surface area contributed by atoms with E-state index < -0.39 is 0 Å². The summed E-state index contributed by atoms with van der Waals surface area (Å²) in [6.07, 6.45) is 2.24. The lowest BCUT2D eigenvalue weighted by molar-refractivity contribution is 0.309. The van der Waals surface area contributed by atoms with Crippen LogP contribution in [0.3, 0.4) is 0 Å². The Morgan fingerprint density at radius 3 is 3.13 bits per heavy atom. The molecule has 0 saturated carbocycles. The Hall–Kier alpha value is -0.610. The van der Waals surface area contributed by atoms with Crippen LogP contribution in [0.2, 0.25) is 0 Å². The fourth-order valence-corrected chi connectivity index (χ4v) is 2.71. The molecule has 1 aromatic heterocycles. The van der Waals surface area contributed by atoms with Crippen molar-refractivity contribution in [3.8, 4) is 5.75 Å². The number of aromatic nitrogens is 1. The van der Waals surface area contributed by atoms with Gasteiger partial charge in [0, 0.05) is 10.5 Å². The van der Waals surface area contributed by atoms with Gasteiger partial charge in [-0.25, -0.2) is 4.98 Å². The van der Waals surface area contributed by atoms with E-state index in [1.165, 1.54) is 4.70 Å². The summed E-state index contributed by atoms with van der Waals surface area (Å²) in [6.45, 7) is 2.93. The normalized spacial score (nSPS) is 10.8. The number of hydrogen-bond donors (Lipinski definition) is 0. The highest BCUT2D eigenvalue weighted by atomic mass is 79.9. The van der Waals surface area contributed by atoms with Crippen molar-refractivity contribution in [2.45, 2.75) is 19.8 Å². The molecule has 0 aliphatic carbocycles. The molecule has 15 heavy (non-hydrogen) atoms. The van der Waals surface area contributed by atoms with Crippen LogP contribution in [-0.2, 0) is 0 Å². The second kappa shape index (κ2) is 4.94. The Labute approximate surface area is 101 Å². The van der Waals surface area contributed by atoms with Crippen LogP contribution < -0.4 is 4.74 Å². The first kappa shape index (κ1) is 10.9. The van der Waals surface area contributed by atoms with Gasteiger partial charge in [-0.05, 0) is 28.4 Å². The van der Waals surface area contributed by atoms with E-state index in [9.17, 15) is 0 Å². The zero-order chi connectivity index (χ0) is 10.7. The van der Waals surface area contributed by atoms with Crippen LogP contribution in [0, 0.1) is 0 Å². The van der Waals surface area contributed by atoms with Gasteiger partial charge in [0.1, 0.15) is 5.75 Å². The van der Waals surface area contributed by atoms with Gasteiger partial charge < -0.3 is 4.74 Å². The van der Waals surface area contributed by atoms with Gasteiger partial charge in [0.25, 0.3) is 0 Å². The molecule has 0 fully saturated rings. The van der Waals surface area contributed by atoms with Gasteiger partial charge in [0.2, 0.25) is 0 Å². The highest BCUT2D eigenvalue weighted by molar-refractivity contribution is 9.10. The maximum atomic E-state index is 5.64. The molecule has 0 saturated heterocycles. The number of halogens is 1. The molecule has 0 aliphatic rings. The molecule has 80 valence electrons. The molecular weight excluding hydrogens is 274 g/mol. The summed E-state index contributed by atoms with van der Waals surface area (Å²) in [4.78, 5) is 4.28. The first-order valence-corrected chi connectivity index (χ1v) is 6.64. The summed E-state index contributed by atoms with van der Waals surface area (Å²) >= 11 is 5.16. The van der Waals surface area contributed by atoms with Crippen LogP contribution in [0.5, 0.6) is 5.75 Å². The molecule has 0 atom stereocenters. The number of unbranched alkanes of at least 4 members (excludes halogenated alkanes) is 1. The largest absolute Gasteiger partial charge is 0.493 e. The van der Waals surface area contributed by atoms with Gasteiger partial charge in [-0.15, -0.1) is 11.3 Å². The second-order valence-electron chi connectivity index (χ2n) is 3.31. The van der Waals surface area contributed by atoms with E-state index in [2.05, 4.69) is 27.8 Å². The zero-order valence-electron chi connectivity index (χ0n) is 8.50. The van der Waals surface area contributed by atoms with Gasteiger partial charge in [-0.1, -0.05) is 13.3 Å². The first-order valence-electron chi connectivity index (χ1n) is 4.97. The fourth-order valence-electron chi connectivity index (χ4n) is 1.32. The molecule has 2 aromatic rings. The maximum absolute atomic E-state index is 5.64. The standard InChI is InChI=1S/C11H12BrNOS/c1-2-3-4-14-8-5-9(12)11-10(6-8)13-7-15-11/h5-7H,2-4H2,1H3.